The maximum Gasteiger partial charge on any atom is 0.251 e. The van der Waals surface area contributed by atoms with Gasteiger partial charge in [0.2, 0.25) is 5.75 Å². The molecule has 43 heavy (non-hydrogen) atoms. The molecular formula is C35H54N2O6. The Hall–Kier alpha value is -2.03. The maximum atomic E-state index is 13.6. The summed E-state index contributed by atoms with van der Waals surface area (Å²) in [6.45, 7) is 9.50. The highest BCUT2D eigenvalue weighted by molar-refractivity contribution is 5.95. The number of ether oxygens (including phenoxy) is 2. The van der Waals surface area contributed by atoms with E-state index in [1.54, 1.807) is 0 Å². The second-order valence-corrected chi connectivity index (χ2v) is 16.0. The summed E-state index contributed by atoms with van der Waals surface area (Å²) < 4.78 is 10.6. The average Bonchev–Trinajstić information content (AvgIpc) is 3.59. The van der Waals surface area contributed by atoms with Crippen LogP contribution in [0, 0.1) is 44.8 Å². The van der Waals surface area contributed by atoms with Crippen molar-refractivity contribution in [1.82, 2.24) is 10.2 Å². The van der Waals surface area contributed by atoms with Gasteiger partial charge < -0.3 is 35.0 Å². The van der Waals surface area contributed by atoms with Gasteiger partial charge in [-0.2, -0.15) is 0 Å². The van der Waals surface area contributed by atoms with Crippen LogP contribution in [-0.4, -0.2) is 79.2 Å². The topological polar surface area (TPSA) is 111 Å². The average molecular weight is 599 g/mol. The number of hydrogen-bond acceptors (Lipinski definition) is 7. The molecule has 1 aromatic rings. The van der Waals surface area contributed by atoms with Gasteiger partial charge in [-0.1, -0.05) is 20.8 Å². The number of rotatable bonds is 7. The fourth-order valence-electron chi connectivity index (χ4n) is 12.2. The van der Waals surface area contributed by atoms with Crippen LogP contribution in [-0.2, 0) is 0 Å². The molecule has 5 aliphatic rings. The van der Waals surface area contributed by atoms with Gasteiger partial charge in [0.1, 0.15) is 0 Å². The number of phenols is 1. The Kier molecular flexibility index (Phi) is 7.19. The van der Waals surface area contributed by atoms with Crippen LogP contribution < -0.4 is 14.8 Å². The van der Waals surface area contributed by atoms with Crippen LogP contribution in [0.2, 0.25) is 0 Å². The maximum absolute atomic E-state index is 13.6. The molecule has 5 fully saturated rings. The van der Waals surface area contributed by atoms with E-state index in [-0.39, 0.29) is 69.5 Å². The van der Waals surface area contributed by atoms with Gasteiger partial charge in [0.05, 0.1) is 26.9 Å². The number of carbonyl (C=O) groups is 1. The largest absolute Gasteiger partial charge is 0.502 e. The van der Waals surface area contributed by atoms with E-state index in [0.29, 0.717) is 23.4 Å². The first-order valence-electron chi connectivity index (χ1n) is 16.4. The van der Waals surface area contributed by atoms with Gasteiger partial charge in [0, 0.05) is 29.0 Å². The normalized spacial score (nSPS) is 45.3. The molecular weight excluding hydrogens is 544 g/mol. The fraction of sp³-hybridized carbons (Fsp3) is 0.800. The summed E-state index contributed by atoms with van der Waals surface area (Å²) in [6.07, 6.45) is 8.23. The lowest BCUT2D eigenvalue weighted by Gasteiger charge is -2.63. The quantitative estimate of drug-likeness (QED) is 0.356. The zero-order valence-electron chi connectivity index (χ0n) is 27.5. The number of nitrogens with one attached hydrogen (secondary N) is 1. The number of amides is 1. The molecule has 11 atom stereocenters. The van der Waals surface area contributed by atoms with Gasteiger partial charge in [-0.25, -0.2) is 0 Å². The highest BCUT2D eigenvalue weighted by atomic mass is 16.5. The van der Waals surface area contributed by atoms with E-state index in [0.717, 1.165) is 38.5 Å². The molecule has 0 bridgehead atoms. The van der Waals surface area contributed by atoms with Crippen molar-refractivity contribution in [2.75, 3.05) is 34.9 Å². The Morgan fingerprint density at radius 1 is 1.00 bits per heavy atom. The van der Waals surface area contributed by atoms with Crippen LogP contribution in [0.3, 0.4) is 0 Å². The monoisotopic (exact) mass is 598 g/mol. The number of benzene rings is 1. The third-order valence-corrected chi connectivity index (χ3v) is 14.7. The van der Waals surface area contributed by atoms with Gasteiger partial charge in [-0.05, 0) is 118 Å². The summed E-state index contributed by atoms with van der Waals surface area (Å²) >= 11 is 0. The summed E-state index contributed by atoms with van der Waals surface area (Å²) in [7, 11) is 7.18. The lowest BCUT2D eigenvalue weighted by Crippen LogP contribution is -2.62. The van der Waals surface area contributed by atoms with Crippen molar-refractivity contribution in [3.63, 3.8) is 0 Å². The fourth-order valence-corrected chi connectivity index (χ4v) is 12.2. The van der Waals surface area contributed by atoms with Gasteiger partial charge in [0.25, 0.3) is 5.91 Å². The third kappa shape index (κ3) is 3.87. The van der Waals surface area contributed by atoms with E-state index in [4.69, 9.17) is 9.47 Å². The van der Waals surface area contributed by atoms with Crippen molar-refractivity contribution < 1.29 is 29.6 Å². The smallest absolute Gasteiger partial charge is 0.251 e. The predicted octanol–water partition coefficient (Wildman–Crippen LogP) is 4.84. The number of aromatic hydroxyl groups is 1. The third-order valence-electron chi connectivity index (χ3n) is 14.7. The van der Waals surface area contributed by atoms with Crippen molar-refractivity contribution in [1.29, 1.82) is 0 Å². The Morgan fingerprint density at radius 2 is 1.60 bits per heavy atom. The number of phenolic OH excluding ortho intramolecular Hbond substituents is 1. The first kappa shape index (κ1) is 31.0. The Morgan fingerprint density at radius 3 is 2.19 bits per heavy atom. The summed E-state index contributed by atoms with van der Waals surface area (Å²) in [4.78, 5) is 15.9. The van der Waals surface area contributed by atoms with Crippen molar-refractivity contribution in [3.8, 4) is 17.2 Å². The summed E-state index contributed by atoms with van der Waals surface area (Å²) in [5.74, 6) is 1.17. The summed E-state index contributed by atoms with van der Waals surface area (Å²) in [6, 6.07) is 3.23. The van der Waals surface area contributed by atoms with Crippen molar-refractivity contribution in [2.24, 2.45) is 44.8 Å². The molecule has 240 valence electrons. The number of carbonyl (C=O) groups excluding carboxylic acids is 1. The van der Waals surface area contributed by atoms with E-state index in [1.165, 1.54) is 39.2 Å². The van der Waals surface area contributed by atoms with E-state index < -0.39 is 5.41 Å². The first-order valence-corrected chi connectivity index (χ1v) is 16.4. The molecule has 6 rings (SSSR count). The van der Waals surface area contributed by atoms with Gasteiger partial charge in [-0.3, -0.25) is 4.79 Å². The van der Waals surface area contributed by atoms with Gasteiger partial charge >= 0.3 is 0 Å². The van der Waals surface area contributed by atoms with Crippen LogP contribution >= 0.6 is 0 Å². The number of hydrogen-bond donors (Lipinski definition) is 4. The molecule has 5 aliphatic carbocycles. The number of nitrogens with zero attached hydrogens (tertiary/aromatic N) is 1. The molecule has 1 aromatic carbocycles. The summed E-state index contributed by atoms with van der Waals surface area (Å²) in [5.41, 5.74) is 0.571. The Bertz CT molecular complexity index is 1260. The number of methoxy groups -OCH3 is 2. The second kappa shape index (κ2) is 9.98. The molecule has 4 N–H and O–H groups in total. The van der Waals surface area contributed by atoms with Crippen molar-refractivity contribution >= 4 is 5.91 Å². The summed E-state index contributed by atoms with van der Waals surface area (Å²) in [5, 5.41) is 36.2. The molecule has 0 saturated heterocycles. The highest BCUT2D eigenvalue weighted by Crippen LogP contribution is 2.89. The molecule has 8 heteroatoms. The second-order valence-electron chi connectivity index (χ2n) is 16.0. The van der Waals surface area contributed by atoms with E-state index in [9.17, 15) is 20.1 Å². The van der Waals surface area contributed by atoms with Gasteiger partial charge in [0.15, 0.2) is 11.5 Å². The molecule has 0 unspecified atom stereocenters. The molecule has 0 radical (unpaired) electrons. The Labute approximate surface area is 257 Å². The highest BCUT2D eigenvalue weighted by Gasteiger charge is 2.83. The van der Waals surface area contributed by atoms with Crippen LogP contribution in [0.5, 0.6) is 17.2 Å². The van der Waals surface area contributed by atoms with Crippen LogP contribution in [0.25, 0.3) is 0 Å². The van der Waals surface area contributed by atoms with Crippen LogP contribution in [0.4, 0.5) is 0 Å². The number of aliphatic hydroxyl groups is 2. The molecule has 5 saturated carbocycles. The predicted molar refractivity (Wildman–Crippen MR) is 165 cm³/mol. The minimum atomic E-state index is -0.438. The molecule has 2 spiro atoms. The molecule has 0 aliphatic heterocycles. The number of aliphatic hydroxyl groups excluding tert-OH is 2. The van der Waals surface area contributed by atoms with E-state index in [1.807, 2.05) is 0 Å². The zero-order valence-corrected chi connectivity index (χ0v) is 27.5. The van der Waals surface area contributed by atoms with E-state index in [2.05, 4.69) is 52.0 Å². The minimum absolute atomic E-state index is 0.0312. The van der Waals surface area contributed by atoms with Crippen LogP contribution in [0.1, 0.15) is 89.4 Å². The lowest BCUT2D eigenvalue weighted by atomic mass is 9.41. The minimum Gasteiger partial charge on any atom is -0.502 e. The standard InChI is InChI=1S/C35H54N2O6/c1-20(37(5)6)28-22(39)17-33(4)26-10-9-25-31(2,19-38)27(11-12-34(25)18-35(26,34)14-13-32(28,33)3)36-30(41)21-15-23(42-7)29(40)24(16-21)43-8/h15-16,20,22,25-28,38-40H,9-14,17-19H2,1-8H3,(H,36,41)/t20-,22+,25-,26-,27-,28-,31+,32+,33-,34+,35-/m0/s1. The first-order chi connectivity index (χ1) is 20.2. The molecule has 0 heterocycles. The lowest BCUT2D eigenvalue weighted by molar-refractivity contribution is -0.154. The Balaban J connectivity index is 1.27. The van der Waals surface area contributed by atoms with E-state index >= 15 is 0 Å². The van der Waals surface area contributed by atoms with Gasteiger partial charge in [-0.15, -0.1) is 0 Å². The SMILES string of the molecule is COc1cc(C(=O)N[C@H]2CC[C@]34C[C@]35CC[C@]3(C)[C@@H]([C@H](C)N(C)C)[C@H](O)C[C@@]3(C)[C@@H]5CC[C@H]4[C@@]2(C)CO)cc(OC)c1O. The number of fused-ring (bicyclic) bond motifs is 2. The van der Waals surface area contributed by atoms with Crippen molar-refractivity contribution in [3.05, 3.63) is 17.7 Å². The van der Waals surface area contributed by atoms with Crippen LogP contribution in [0.15, 0.2) is 12.1 Å². The molecule has 8 nitrogen and oxygen atoms in total. The molecule has 0 aromatic heterocycles. The van der Waals surface area contributed by atoms with Crippen molar-refractivity contribution in [2.45, 2.75) is 97.2 Å². The molecule has 1 amide bonds. The zero-order chi connectivity index (χ0) is 31.3.